The third kappa shape index (κ3) is 6.66. The molecular formula is C29H35F4N7O3S. The van der Waals surface area contributed by atoms with E-state index in [0.717, 1.165) is 19.3 Å². The Balaban J connectivity index is 1.53. The number of rotatable bonds is 6. The molecule has 15 heteroatoms. The van der Waals surface area contributed by atoms with Crippen molar-refractivity contribution in [2.75, 3.05) is 63.6 Å². The van der Waals surface area contributed by atoms with E-state index in [1.165, 1.54) is 23.5 Å². The summed E-state index contributed by atoms with van der Waals surface area (Å²) < 4.78 is 57.1. The fraction of sp³-hybridized carbons (Fsp3) is 0.483. The highest BCUT2D eigenvalue weighted by Gasteiger charge is 2.36. The van der Waals surface area contributed by atoms with E-state index < -0.39 is 40.8 Å². The van der Waals surface area contributed by atoms with Gasteiger partial charge >= 0.3 is 6.18 Å². The molecule has 2 unspecified atom stereocenters. The number of carbonyl (C=O) groups is 1. The number of halogens is 4. The van der Waals surface area contributed by atoms with Gasteiger partial charge in [-0.2, -0.15) is 13.2 Å². The quantitative estimate of drug-likeness (QED) is 0.352. The number of H-pyrrole nitrogens is 1. The van der Waals surface area contributed by atoms with Crippen molar-refractivity contribution >= 4 is 28.6 Å². The van der Waals surface area contributed by atoms with E-state index in [4.69, 9.17) is 0 Å². The second kappa shape index (κ2) is 12.6. The van der Waals surface area contributed by atoms with Crippen LogP contribution in [0, 0.1) is 5.82 Å². The highest BCUT2D eigenvalue weighted by molar-refractivity contribution is 7.10. The summed E-state index contributed by atoms with van der Waals surface area (Å²) in [6.45, 7) is 7.80. The second-order valence-electron chi connectivity index (χ2n) is 11.5. The van der Waals surface area contributed by atoms with Gasteiger partial charge in [-0.15, -0.1) is 11.3 Å². The fourth-order valence-corrected chi connectivity index (χ4v) is 6.39. The lowest BCUT2D eigenvalue weighted by atomic mass is 10.0. The van der Waals surface area contributed by atoms with Crippen LogP contribution in [0.3, 0.4) is 0 Å². The van der Waals surface area contributed by atoms with Crippen LogP contribution < -0.4 is 15.8 Å². The maximum absolute atomic E-state index is 15.8. The van der Waals surface area contributed by atoms with E-state index >= 15 is 4.39 Å². The van der Waals surface area contributed by atoms with Crippen LogP contribution in [0.5, 0.6) is 0 Å². The van der Waals surface area contributed by atoms with E-state index in [1.54, 1.807) is 5.38 Å². The Morgan fingerprint density at radius 1 is 1.11 bits per heavy atom. The number of amides is 1. The van der Waals surface area contributed by atoms with Crippen molar-refractivity contribution in [3.8, 4) is 11.3 Å². The minimum atomic E-state index is -4.96. The van der Waals surface area contributed by atoms with Gasteiger partial charge in [-0.25, -0.2) is 9.37 Å². The van der Waals surface area contributed by atoms with Crippen molar-refractivity contribution in [2.24, 2.45) is 0 Å². The minimum absolute atomic E-state index is 0.0184. The lowest BCUT2D eigenvalue weighted by Gasteiger charge is -2.44. The summed E-state index contributed by atoms with van der Waals surface area (Å²) in [6.07, 6.45) is -5.21. The molecule has 2 saturated heterocycles. The van der Waals surface area contributed by atoms with Crippen LogP contribution in [0.4, 0.5) is 28.9 Å². The van der Waals surface area contributed by atoms with Crippen LogP contribution in [0.25, 0.3) is 11.3 Å². The van der Waals surface area contributed by atoms with Gasteiger partial charge in [0, 0.05) is 80.6 Å². The summed E-state index contributed by atoms with van der Waals surface area (Å²) in [7, 11) is 3.98. The number of hydrogen-bond acceptors (Lipinski definition) is 9. The van der Waals surface area contributed by atoms with Gasteiger partial charge in [0.15, 0.2) is 6.23 Å². The number of carbonyl (C=O) groups excluding carboxylic acids is 1. The van der Waals surface area contributed by atoms with Crippen molar-refractivity contribution in [2.45, 2.75) is 38.3 Å². The Hall–Kier alpha value is -3.37. The molecule has 0 saturated carbocycles. The molecule has 2 aromatic heterocycles. The SMILES string of the molecule is CC1CN(c2cc(F)c(-c3csc(C(O)N4CCN(C)CC4)n3)cc2NC(=O)c2c[nH]c(=O)cc2C(F)(F)F)C[C@H](C)N1C. The molecule has 0 radical (unpaired) electrons. The largest absolute Gasteiger partial charge is 0.417 e. The lowest BCUT2D eigenvalue weighted by molar-refractivity contribution is -0.138. The number of benzene rings is 1. The van der Waals surface area contributed by atoms with Gasteiger partial charge in [-0.3, -0.25) is 19.4 Å². The molecule has 5 rings (SSSR count). The molecule has 3 atom stereocenters. The molecule has 238 valence electrons. The molecule has 3 aromatic rings. The molecule has 2 aliphatic rings. The molecule has 4 heterocycles. The fourth-order valence-electron chi connectivity index (χ4n) is 5.56. The predicted molar refractivity (Wildman–Crippen MR) is 160 cm³/mol. The van der Waals surface area contributed by atoms with Gasteiger partial charge < -0.3 is 25.2 Å². The van der Waals surface area contributed by atoms with Crippen LogP contribution in [-0.2, 0) is 6.18 Å². The van der Waals surface area contributed by atoms with Crippen molar-refractivity contribution in [3.63, 3.8) is 0 Å². The zero-order valence-corrected chi connectivity index (χ0v) is 25.6. The number of hydrogen-bond donors (Lipinski definition) is 3. The normalized spacial score (nSPS) is 21.4. The highest BCUT2D eigenvalue weighted by atomic mass is 32.1. The van der Waals surface area contributed by atoms with E-state index in [-0.39, 0.29) is 29.0 Å². The molecule has 44 heavy (non-hydrogen) atoms. The number of thiazole rings is 1. The zero-order valence-electron chi connectivity index (χ0n) is 24.8. The molecule has 2 aliphatic heterocycles. The van der Waals surface area contributed by atoms with Crippen LogP contribution in [-0.4, -0.2) is 101 Å². The molecule has 2 fully saturated rings. The first-order chi connectivity index (χ1) is 20.7. The van der Waals surface area contributed by atoms with Crippen molar-refractivity contribution < 1.29 is 27.5 Å². The van der Waals surface area contributed by atoms with E-state index in [0.29, 0.717) is 42.9 Å². The van der Waals surface area contributed by atoms with Crippen molar-refractivity contribution in [1.82, 2.24) is 24.7 Å². The van der Waals surface area contributed by atoms with Gasteiger partial charge in [0.05, 0.1) is 28.2 Å². The van der Waals surface area contributed by atoms with E-state index in [9.17, 15) is 27.9 Å². The number of piperazine rings is 2. The predicted octanol–water partition coefficient (Wildman–Crippen LogP) is 3.68. The van der Waals surface area contributed by atoms with Crippen LogP contribution >= 0.6 is 11.3 Å². The highest BCUT2D eigenvalue weighted by Crippen LogP contribution is 2.38. The number of nitrogens with one attached hydrogen (secondary N) is 2. The summed E-state index contributed by atoms with van der Waals surface area (Å²) in [4.78, 5) is 39.7. The third-order valence-corrected chi connectivity index (χ3v) is 9.30. The number of likely N-dealkylation sites (N-methyl/N-ethyl adjacent to an activating group) is 2. The molecule has 3 N–H and O–H groups in total. The third-order valence-electron chi connectivity index (χ3n) is 8.41. The number of aromatic amines is 1. The van der Waals surface area contributed by atoms with Crippen molar-refractivity contribution in [3.05, 3.63) is 62.1 Å². The van der Waals surface area contributed by atoms with Gasteiger partial charge in [-0.05, 0) is 34.0 Å². The maximum Gasteiger partial charge on any atom is 0.417 e. The topological polar surface area (TPSA) is 108 Å². The molecule has 1 aromatic carbocycles. The first-order valence-corrected chi connectivity index (χ1v) is 15.1. The Morgan fingerprint density at radius 2 is 1.77 bits per heavy atom. The zero-order chi connectivity index (χ0) is 31.9. The summed E-state index contributed by atoms with van der Waals surface area (Å²) >= 11 is 1.17. The molecule has 10 nitrogen and oxygen atoms in total. The second-order valence-corrected chi connectivity index (χ2v) is 12.4. The molecule has 1 amide bonds. The number of aliphatic hydroxyl groups is 1. The number of aromatic nitrogens is 2. The standard InChI is InChI=1S/C29H35F4N7O3S/c1-16-13-40(14-17(2)38(16)4)24-11-21(30)18(23-15-44-27(36-23)28(43)39-7-5-37(3)6-8-39)9-22(24)35-26(42)19-12-34-25(41)10-20(19)29(31,32)33/h9-12,15-17,28,43H,5-8,13-14H2,1-4H3,(H,34,41)(H,35,42)/t16-,17?,28?/m0/s1. The Labute approximate surface area is 255 Å². The number of nitrogens with zero attached hydrogens (tertiary/aromatic N) is 5. The first kappa shape index (κ1) is 32.0. The van der Waals surface area contributed by atoms with Gasteiger partial charge in [0.1, 0.15) is 10.8 Å². The minimum Gasteiger partial charge on any atom is -0.372 e. The molecule has 0 spiro atoms. The summed E-state index contributed by atoms with van der Waals surface area (Å²) in [5.74, 6) is -1.75. The lowest BCUT2D eigenvalue weighted by Crippen LogP contribution is -2.55. The number of aliphatic hydroxyl groups excluding tert-OH is 1. The first-order valence-electron chi connectivity index (χ1n) is 14.2. The molecule has 0 bridgehead atoms. The van der Waals surface area contributed by atoms with E-state index in [1.807, 2.05) is 37.7 Å². The number of anilines is 2. The Bertz CT molecular complexity index is 1560. The van der Waals surface area contributed by atoms with Crippen molar-refractivity contribution in [1.29, 1.82) is 0 Å². The van der Waals surface area contributed by atoms with Crippen LogP contribution in [0.15, 0.2) is 34.6 Å². The van der Waals surface area contributed by atoms with Gasteiger partial charge in [0.25, 0.3) is 5.91 Å². The van der Waals surface area contributed by atoms with Crippen LogP contribution in [0.1, 0.15) is 41.0 Å². The smallest absolute Gasteiger partial charge is 0.372 e. The summed E-state index contributed by atoms with van der Waals surface area (Å²) in [6, 6.07) is 3.08. The van der Waals surface area contributed by atoms with Gasteiger partial charge in [0.2, 0.25) is 5.56 Å². The number of alkyl halides is 3. The van der Waals surface area contributed by atoms with Crippen LogP contribution in [0.2, 0.25) is 0 Å². The molecular weight excluding hydrogens is 602 g/mol. The average Bonchev–Trinajstić information content (AvgIpc) is 3.46. The Morgan fingerprint density at radius 3 is 2.41 bits per heavy atom. The summed E-state index contributed by atoms with van der Waals surface area (Å²) in [5.41, 5.74) is -2.53. The number of pyridine rings is 1. The average molecular weight is 638 g/mol. The summed E-state index contributed by atoms with van der Waals surface area (Å²) in [5, 5.41) is 15.5. The molecule has 0 aliphatic carbocycles. The van der Waals surface area contributed by atoms with E-state index in [2.05, 4.69) is 25.1 Å². The van der Waals surface area contributed by atoms with Gasteiger partial charge in [-0.1, -0.05) is 0 Å². The maximum atomic E-state index is 15.8. The Kier molecular flexibility index (Phi) is 9.14. The monoisotopic (exact) mass is 637 g/mol.